The molecule has 0 fully saturated rings. The number of thiazole rings is 1. The molecule has 3 amide bonds. The minimum Gasteiger partial charge on any atom is -0.375 e. The van der Waals surface area contributed by atoms with Crippen LogP contribution in [0.4, 0.5) is 16.2 Å². The van der Waals surface area contributed by atoms with Crippen LogP contribution in [0.5, 0.6) is 0 Å². The molecule has 1 unspecified atom stereocenters. The lowest BCUT2D eigenvalue weighted by molar-refractivity contribution is -0.119. The van der Waals surface area contributed by atoms with E-state index in [9.17, 15) is 9.59 Å². The maximum atomic E-state index is 12.1. The Hall–Kier alpha value is -2.45. The molecule has 0 bridgehead atoms. The first-order valence-corrected chi connectivity index (χ1v) is 8.24. The Morgan fingerprint density at radius 3 is 2.62 bits per heavy atom. The number of hydrogen-bond acceptors (Lipinski definition) is 5. The Balaban J connectivity index is 1.92. The lowest BCUT2D eigenvalue weighted by Crippen LogP contribution is -2.31. The van der Waals surface area contributed by atoms with Crippen molar-refractivity contribution >= 4 is 34.6 Å². The SMILES string of the molecule is COCC(=O)Nc1cccc(NC(=O)NC(C)c2nc(C)cs2)c1. The van der Waals surface area contributed by atoms with Gasteiger partial charge in [0, 0.05) is 29.6 Å². The summed E-state index contributed by atoms with van der Waals surface area (Å²) in [6.07, 6.45) is 0. The Labute approximate surface area is 144 Å². The van der Waals surface area contributed by atoms with Gasteiger partial charge < -0.3 is 20.7 Å². The van der Waals surface area contributed by atoms with E-state index in [-0.39, 0.29) is 24.6 Å². The van der Waals surface area contributed by atoms with Crippen LogP contribution in [0.15, 0.2) is 29.6 Å². The third-order valence-corrected chi connectivity index (χ3v) is 4.18. The van der Waals surface area contributed by atoms with Crippen molar-refractivity contribution < 1.29 is 14.3 Å². The number of hydrogen-bond donors (Lipinski definition) is 3. The number of aromatic nitrogens is 1. The number of carbonyl (C=O) groups excluding carboxylic acids is 2. The molecule has 0 saturated carbocycles. The maximum absolute atomic E-state index is 12.1. The van der Waals surface area contributed by atoms with Crippen molar-refractivity contribution in [2.45, 2.75) is 19.9 Å². The summed E-state index contributed by atoms with van der Waals surface area (Å²) in [5.41, 5.74) is 2.09. The van der Waals surface area contributed by atoms with Gasteiger partial charge in [-0.05, 0) is 32.0 Å². The molecule has 1 aromatic heterocycles. The van der Waals surface area contributed by atoms with Gasteiger partial charge in [0.25, 0.3) is 0 Å². The first kappa shape index (κ1) is 17.9. The smallest absolute Gasteiger partial charge is 0.319 e. The molecule has 0 aliphatic rings. The topological polar surface area (TPSA) is 92.4 Å². The second-order valence-corrected chi connectivity index (χ2v) is 6.10. The number of urea groups is 1. The molecule has 0 saturated heterocycles. The Bertz CT molecular complexity index is 717. The van der Waals surface area contributed by atoms with Crippen LogP contribution in [-0.4, -0.2) is 30.6 Å². The second-order valence-electron chi connectivity index (χ2n) is 5.21. The van der Waals surface area contributed by atoms with Gasteiger partial charge in [0.2, 0.25) is 5.91 Å². The summed E-state index contributed by atoms with van der Waals surface area (Å²) in [5.74, 6) is -0.258. The Morgan fingerprint density at radius 1 is 1.29 bits per heavy atom. The van der Waals surface area contributed by atoms with E-state index in [0.29, 0.717) is 11.4 Å². The number of aryl methyl sites for hydroxylation is 1. The fourth-order valence-electron chi connectivity index (χ4n) is 2.00. The zero-order valence-electron chi connectivity index (χ0n) is 13.8. The highest BCUT2D eigenvalue weighted by atomic mass is 32.1. The largest absolute Gasteiger partial charge is 0.375 e. The number of methoxy groups -OCH3 is 1. The molecule has 0 spiro atoms. The average Bonchev–Trinajstić information content (AvgIpc) is 2.94. The number of nitrogens with one attached hydrogen (secondary N) is 3. The number of carbonyl (C=O) groups is 2. The third kappa shape index (κ3) is 5.32. The van der Waals surface area contributed by atoms with Crippen LogP contribution in [0.3, 0.4) is 0 Å². The van der Waals surface area contributed by atoms with Crippen molar-refractivity contribution in [2.75, 3.05) is 24.4 Å². The molecule has 1 aromatic carbocycles. The monoisotopic (exact) mass is 348 g/mol. The van der Waals surface area contributed by atoms with Gasteiger partial charge in [0.15, 0.2) is 0 Å². The molecule has 1 atom stereocenters. The van der Waals surface area contributed by atoms with Crippen LogP contribution < -0.4 is 16.0 Å². The van der Waals surface area contributed by atoms with Crippen molar-refractivity contribution in [3.05, 3.63) is 40.3 Å². The molecule has 0 aliphatic heterocycles. The molecular formula is C16H20N4O3S. The molecule has 2 rings (SSSR count). The van der Waals surface area contributed by atoms with E-state index in [1.54, 1.807) is 24.3 Å². The third-order valence-electron chi connectivity index (χ3n) is 3.03. The number of amides is 3. The average molecular weight is 348 g/mol. The number of rotatable bonds is 6. The summed E-state index contributed by atoms with van der Waals surface area (Å²) in [7, 11) is 1.45. The number of anilines is 2. The standard InChI is InChI=1S/C16H20N4O3S/c1-10-9-24-15(17-10)11(2)18-16(22)20-13-6-4-5-12(7-13)19-14(21)8-23-3/h4-7,9,11H,8H2,1-3H3,(H,19,21)(H2,18,20,22). The predicted molar refractivity (Wildman–Crippen MR) is 94.4 cm³/mol. The Kier molecular flexibility index (Phi) is 6.28. The summed E-state index contributed by atoms with van der Waals surface area (Å²) in [6.45, 7) is 3.76. The zero-order chi connectivity index (χ0) is 17.5. The molecule has 128 valence electrons. The normalized spacial score (nSPS) is 11.6. The number of ether oxygens (including phenoxy) is 1. The molecule has 2 aromatic rings. The van der Waals surface area contributed by atoms with E-state index < -0.39 is 0 Å². The summed E-state index contributed by atoms with van der Waals surface area (Å²) >= 11 is 1.51. The van der Waals surface area contributed by atoms with Crippen LogP contribution in [0.25, 0.3) is 0 Å². The van der Waals surface area contributed by atoms with E-state index in [1.807, 2.05) is 19.2 Å². The highest BCUT2D eigenvalue weighted by molar-refractivity contribution is 7.09. The minimum absolute atomic E-state index is 0.0249. The van der Waals surface area contributed by atoms with Gasteiger partial charge in [-0.3, -0.25) is 4.79 Å². The van der Waals surface area contributed by atoms with Crippen molar-refractivity contribution in [3.8, 4) is 0 Å². The van der Waals surface area contributed by atoms with E-state index in [0.717, 1.165) is 10.7 Å². The van der Waals surface area contributed by atoms with Gasteiger partial charge >= 0.3 is 6.03 Å². The molecular weight excluding hydrogens is 328 g/mol. The second kappa shape index (κ2) is 8.42. The lowest BCUT2D eigenvalue weighted by atomic mass is 10.2. The van der Waals surface area contributed by atoms with Gasteiger partial charge in [0.05, 0.1) is 6.04 Å². The van der Waals surface area contributed by atoms with Crippen molar-refractivity contribution in [3.63, 3.8) is 0 Å². The van der Waals surface area contributed by atoms with Crippen LogP contribution >= 0.6 is 11.3 Å². The van der Waals surface area contributed by atoms with Crippen molar-refractivity contribution in [2.24, 2.45) is 0 Å². The molecule has 3 N–H and O–H groups in total. The van der Waals surface area contributed by atoms with E-state index >= 15 is 0 Å². The summed E-state index contributed by atoms with van der Waals surface area (Å²) in [4.78, 5) is 27.9. The minimum atomic E-state index is -0.337. The fraction of sp³-hybridized carbons (Fsp3) is 0.312. The summed E-state index contributed by atoms with van der Waals surface area (Å²) < 4.78 is 4.76. The summed E-state index contributed by atoms with van der Waals surface area (Å²) in [6, 6.07) is 6.36. The van der Waals surface area contributed by atoms with E-state index in [2.05, 4.69) is 20.9 Å². The van der Waals surface area contributed by atoms with Crippen LogP contribution in [0.2, 0.25) is 0 Å². The van der Waals surface area contributed by atoms with Gasteiger partial charge in [0.1, 0.15) is 11.6 Å². The fourth-order valence-corrected chi connectivity index (χ4v) is 2.80. The molecule has 0 radical (unpaired) electrons. The molecule has 24 heavy (non-hydrogen) atoms. The number of nitrogens with zero attached hydrogens (tertiary/aromatic N) is 1. The molecule has 1 heterocycles. The van der Waals surface area contributed by atoms with E-state index in [4.69, 9.17) is 4.74 Å². The molecule has 8 heteroatoms. The van der Waals surface area contributed by atoms with Crippen molar-refractivity contribution in [1.29, 1.82) is 0 Å². The van der Waals surface area contributed by atoms with Crippen LogP contribution in [0.1, 0.15) is 23.7 Å². The number of benzene rings is 1. The van der Waals surface area contributed by atoms with Gasteiger partial charge in [-0.2, -0.15) is 0 Å². The quantitative estimate of drug-likeness (QED) is 0.748. The molecule has 7 nitrogen and oxygen atoms in total. The van der Waals surface area contributed by atoms with E-state index in [1.165, 1.54) is 18.4 Å². The van der Waals surface area contributed by atoms with Gasteiger partial charge in [-0.1, -0.05) is 6.07 Å². The van der Waals surface area contributed by atoms with Crippen LogP contribution in [-0.2, 0) is 9.53 Å². The first-order valence-electron chi connectivity index (χ1n) is 7.36. The zero-order valence-corrected chi connectivity index (χ0v) is 14.6. The highest BCUT2D eigenvalue weighted by Gasteiger charge is 2.13. The van der Waals surface area contributed by atoms with Crippen molar-refractivity contribution in [1.82, 2.24) is 10.3 Å². The highest BCUT2D eigenvalue weighted by Crippen LogP contribution is 2.18. The maximum Gasteiger partial charge on any atom is 0.319 e. The first-order chi connectivity index (χ1) is 11.5. The summed E-state index contributed by atoms with van der Waals surface area (Å²) in [5, 5.41) is 11.0. The van der Waals surface area contributed by atoms with Gasteiger partial charge in [-0.15, -0.1) is 11.3 Å². The lowest BCUT2D eigenvalue weighted by Gasteiger charge is -2.13. The van der Waals surface area contributed by atoms with Gasteiger partial charge in [-0.25, -0.2) is 9.78 Å². The predicted octanol–water partition coefficient (Wildman–Crippen LogP) is 2.92. The van der Waals surface area contributed by atoms with Crippen LogP contribution in [0, 0.1) is 6.92 Å². The molecule has 0 aliphatic carbocycles. The Morgan fingerprint density at radius 2 is 2.00 bits per heavy atom.